The van der Waals surface area contributed by atoms with E-state index in [0.717, 1.165) is 32.1 Å². The average molecular weight is 369 g/mol. The first-order valence-electron chi connectivity index (χ1n) is 11.4. The second kappa shape index (κ2) is 13.7. The Hall–Kier alpha value is -0.370. The van der Waals surface area contributed by atoms with Crippen LogP contribution in [0.4, 0.5) is 0 Å². The molecule has 4 atom stereocenters. The zero-order valence-corrected chi connectivity index (χ0v) is 18.9. The van der Waals surface area contributed by atoms with Crippen LogP contribution in [0.15, 0.2) is 0 Å². The van der Waals surface area contributed by atoms with Crippen molar-refractivity contribution < 1.29 is 9.90 Å². The molecule has 0 bridgehead atoms. The number of Topliss-reactive ketones (excluding diaryl/α,β-unsaturated/α-hetero) is 1. The number of rotatable bonds is 16. The van der Waals surface area contributed by atoms with Gasteiger partial charge in [-0.05, 0) is 49.9 Å². The number of unbranched alkanes of at least 4 members (excludes halogenated alkanes) is 5. The molecule has 0 aromatic rings. The lowest BCUT2D eigenvalue weighted by Gasteiger charge is -2.39. The number of ketones is 1. The fourth-order valence-electron chi connectivity index (χ4n) is 4.89. The molecule has 0 heterocycles. The first kappa shape index (κ1) is 25.6. The summed E-state index contributed by atoms with van der Waals surface area (Å²) >= 11 is 0. The summed E-state index contributed by atoms with van der Waals surface area (Å²) in [5, 5.41) is 11.1. The zero-order valence-electron chi connectivity index (χ0n) is 18.9. The standard InChI is InChI=1S/C24H48O2/c1-8-10-11-12-13-14-15-22(25)17-20(5)18-24(7,26)23(9-2)21(6)16-19(3)4/h19-21,23,26H,8-18H2,1-7H3. The summed E-state index contributed by atoms with van der Waals surface area (Å²) in [6.45, 7) is 15.3. The van der Waals surface area contributed by atoms with E-state index >= 15 is 0 Å². The second-order valence-electron chi connectivity index (χ2n) is 9.55. The fourth-order valence-corrected chi connectivity index (χ4v) is 4.89. The van der Waals surface area contributed by atoms with E-state index in [0.29, 0.717) is 30.0 Å². The van der Waals surface area contributed by atoms with Crippen molar-refractivity contribution in [3.05, 3.63) is 0 Å². The van der Waals surface area contributed by atoms with Gasteiger partial charge in [-0.15, -0.1) is 0 Å². The lowest BCUT2D eigenvalue weighted by atomic mass is 9.71. The first-order valence-corrected chi connectivity index (χ1v) is 11.4. The van der Waals surface area contributed by atoms with Gasteiger partial charge in [0.2, 0.25) is 0 Å². The Morgan fingerprint density at radius 1 is 0.962 bits per heavy atom. The molecular weight excluding hydrogens is 320 g/mol. The lowest BCUT2D eigenvalue weighted by molar-refractivity contribution is -0.120. The van der Waals surface area contributed by atoms with E-state index < -0.39 is 5.60 Å². The second-order valence-corrected chi connectivity index (χ2v) is 9.55. The summed E-state index contributed by atoms with van der Waals surface area (Å²) in [4.78, 5) is 12.3. The maximum absolute atomic E-state index is 12.3. The molecule has 0 fully saturated rings. The molecule has 0 aromatic heterocycles. The number of carbonyl (C=O) groups is 1. The highest BCUT2D eigenvalue weighted by molar-refractivity contribution is 5.78. The predicted molar refractivity (Wildman–Crippen MR) is 114 cm³/mol. The van der Waals surface area contributed by atoms with E-state index in [1.165, 1.54) is 32.1 Å². The van der Waals surface area contributed by atoms with E-state index in [2.05, 4.69) is 41.5 Å². The van der Waals surface area contributed by atoms with E-state index in [1.54, 1.807) is 0 Å². The van der Waals surface area contributed by atoms with Gasteiger partial charge in [-0.2, -0.15) is 0 Å². The van der Waals surface area contributed by atoms with Gasteiger partial charge in [-0.3, -0.25) is 4.79 Å². The third kappa shape index (κ3) is 11.4. The maximum atomic E-state index is 12.3. The molecule has 0 aromatic carbocycles. The Bertz CT molecular complexity index is 359. The Morgan fingerprint density at radius 3 is 2.08 bits per heavy atom. The van der Waals surface area contributed by atoms with Gasteiger partial charge < -0.3 is 5.11 Å². The molecule has 0 aliphatic carbocycles. The summed E-state index contributed by atoms with van der Waals surface area (Å²) in [6.07, 6.45) is 11.6. The van der Waals surface area contributed by atoms with Gasteiger partial charge in [0.25, 0.3) is 0 Å². The zero-order chi connectivity index (χ0) is 20.2. The molecular formula is C24H48O2. The van der Waals surface area contributed by atoms with Gasteiger partial charge in [-0.1, -0.05) is 80.1 Å². The minimum atomic E-state index is -0.678. The lowest BCUT2D eigenvalue weighted by Crippen LogP contribution is -2.40. The van der Waals surface area contributed by atoms with E-state index in [1.807, 2.05) is 6.92 Å². The third-order valence-corrected chi connectivity index (χ3v) is 5.92. The van der Waals surface area contributed by atoms with Gasteiger partial charge in [0.1, 0.15) is 5.78 Å². The molecule has 26 heavy (non-hydrogen) atoms. The molecule has 0 radical (unpaired) electrons. The molecule has 0 rings (SSSR count). The van der Waals surface area contributed by atoms with Crippen LogP contribution in [0, 0.1) is 23.7 Å². The Balaban J connectivity index is 4.31. The predicted octanol–water partition coefficient (Wildman–Crippen LogP) is 7.18. The van der Waals surface area contributed by atoms with E-state index in [4.69, 9.17) is 0 Å². The van der Waals surface area contributed by atoms with Gasteiger partial charge in [0, 0.05) is 12.8 Å². The van der Waals surface area contributed by atoms with Crippen LogP contribution in [0.1, 0.15) is 119 Å². The normalized spacial score (nSPS) is 17.7. The highest BCUT2D eigenvalue weighted by Crippen LogP contribution is 2.36. The maximum Gasteiger partial charge on any atom is 0.133 e. The van der Waals surface area contributed by atoms with E-state index in [-0.39, 0.29) is 5.92 Å². The molecule has 2 heteroatoms. The van der Waals surface area contributed by atoms with Crippen molar-refractivity contribution in [3.63, 3.8) is 0 Å². The number of hydrogen-bond donors (Lipinski definition) is 1. The topological polar surface area (TPSA) is 37.3 Å². The summed E-state index contributed by atoms with van der Waals surface area (Å²) in [5.41, 5.74) is -0.678. The number of hydrogen-bond acceptors (Lipinski definition) is 2. The molecule has 2 nitrogen and oxygen atoms in total. The Morgan fingerprint density at radius 2 is 1.54 bits per heavy atom. The molecule has 0 saturated heterocycles. The largest absolute Gasteiger partial charge is 0.390 e. The summed E-state index contributed by atoms with van der Waals surface area (Å²) < 4.78 is 0. The van der Waals surface area contributed by atoms with Crippen LogP contribution in [0.5, 0.6) is 0 Å². The third-order valence-electron chi connectivity index (χ3n) is 5.92. The van der Waals surface area contributed by atoms with Crippen LogP contribution in [-0.4, -0.2) is 16.5 Å². The molecule has 0 spiro atoms. The van der Waals surface area contributed by atoms with Crippen molar-refractivity contribution in [2.24, 2.45) is 23.7 Å². The molecule has 0 saturated carbocycles. The van der Waals surface area contributed by atoms with Crippen LogP contribution in [0.3, 0.4) is 0 Å². The summed E-state index contributed by atoms with van der Waals surface area (Å²) in [6, 6.07) is 0. The van der Waals surface area contributed by atoms with Gasteiger partial charge in [0.15, 0.2) is 0 Å². The average Bonchev–Trinajstić information content (AvgIpc) is 2.49. The van der Waals surface area contributed by atoms with Crippen molar-refractivity contribution in [1.29, 1.82) is 0 Å². The summed E-state index contributed by atoms with van der Waals surface area (Å²) in [7, 11) is 0. The highest BCUT2D eigenvalue weighted by atomic mass is 16.3. The van der Waals surface area contributed by atoms with Crippen molar-refractivity contribution in [2.75, 3.05) is 0 Å². The van der Waals surface area contributed by atoms with Crippen LogP contribution in [0.2, 0.25) is 0 Å². The van der Waals surface area contributed by atoms with Crippen molar-refractivity contribution in [1.82, 2.24) is 0 Å². The fraction of sp³-hybridized carbons (Fsp3) is 0.958. The molecule has 0 aliphatic heterocycles. The quantitative estimate of drug-likeness (QED) is 0.293. The smallest absolute Gasteiger partial charge is 0.133 e. The van der Waals surface area contributed by atoms with Crippen LogP contribution < -0.4 is 0 Å². The Labute approximate surface area is 164 Å². The monoisotopic (exact) mass is 368 g/mol. The molecule has 1 N–H and O–H groups in total. The molecule has 0 amide bonds. The van der Waals surface area contributed by atoms with Gasteiger partial charge in [-0.25, -0.2) is 0 Å². The van der Waals surface area contributed by atoms with Crippen molar-refractivity contribution >= 4 is 5.78 Å². The number of aliphatic hydroxyl groups is 1. The van der Waals surface area contributed by atoms with Crippen LogP contribution in [0.25, 0.3) is 0 Å². The molecule has 156 valence electrons. The van der Waals surface area contributed by atoms with E-state index in [9.17, 15) is 9.90 Å². The van der Waals surface area contributed by atoms with Crippen molar-refractivity contribution in [3.8, 4) is 0 Å². The Kier molecular flexibility index (Phi) is 13.6. The summed E-state index contributed by atoms with van der Waals surface area (Å²) in [5.74, 6) is 2.12. The van der Waals surface area contributed by atoms with Gasteiger partial charge >= 0.3 is 0 Å². The minimum absolute atomic E-state index is 0.262. The number of carbonyl (C=O) groups excluding carboxylic acids is 1. The first-order chi connectivity index (χ1) is 12.1. The van der Waals surface area contributed by atoms with Crippen molar-refractivity contribution in [2.45, 2.75) is 125 Å². The minimum Gasteiger partial charge on any atom is -0.390 e. The van der Waals surface area contributed by atoms with Crippen LogP contribution in [-0.2, 0) is 4.79 Å². The highest BCUT2D eigenvalue weighted by Gasteiger charge is 2.35. The van der Waals surface area contributed by atoms with Crippen LogP contribution >= 0.6 is 0 Å². The SMILES string of the molecule is CCCCCCCCC(=O)CC(C)CC(C)(O)C(CC)C(C)CC(C)C. The van der Waals surface area contributed by atoms with Gasteiger partial charge in [0.05, 0.1) is 5.60 Å². The molecule has 0 aliphatic rings. The molecule has 4 unspecified atom stereocenters.